The minimum Gasteiger partial charge on any atom is -0.310 e. The van der Waals surface area contributed by atoms with Gasteiger partial charge in [-0.1, -0.05) is 194 Å². The maximum Gasteiger partial charge on any atom is 0.0547 e. The van der Waals surface area contributed by atoms with Crippen LogP contribution in [0.15, 0.2) is 267 Å². The van der Waals surface area contributed by atoms with E-state index in [0.29, 0.717) is 0 Å². The predicted molar refractivity (Wildman–Crippen MR) is 290 cm³/mol. The summed E-state index contributed by atoms with van der Waals surface area (Å²) in [5.74, 6) is 0. The number of nitrogens with zero attached hydrogens (tertiary/aromatic N) is 2. The van der Waals surface area contributed by atoms with E-state index < -0.39 is 0 Å². The molecule has 1 aromatic heterocycles. The van der Waals surface area contributed by atoms with Gasteiger partial charge in [0.1, 0.15) is 0 Å². The van der Waals surface area contributed by atoms with E-state index in [9.17, 15) is 0 Å². The van der Waals surface area contributed by atoms with Gasteiger partial charge in [0.05, 0.1) is 11.0 Å². The molecule has 13 aromatic rings. The van der Waals surface area contributed by atoms with Crippen LogP contribution in [0.4, 0.5) is 17.1 Å². The molecule has 0 aliphatic rings. The Kier molecular flexibility index (Phi) is 9.54. The molecule has 0 fully saturated rings. The van der Waals surface area contributed by atoms with E-state index >= 15 is 0 Å². The summed E-state index contributed by atoms with van der Waals surface area (Å²) in [4.78, 5) is 2.40. The first kappa shape index (κ1) is 39.4. The van der Waals surface area contributed by atoms with E-state index in [1.165, 1.54) is 93.1 Å². The Hall–Kier alpha value is -8.98. The summed E-state index contributed by atoms with van der Waals surface area (Å²) in [7, 11) is 0. The van der Waals surface area contributed by atoms with Crippen LogP contribution in [0, 0.1) is 0 Å². The molecule has 0 amide bonds. The summed E-state index contributed by atoms with van der Waals surface area (Å²) >= 11 is 0. The molecule has 318 valence electrons. The SMILES string of the molecule is c1ccc(-n2c3ccccc3c3c(-c4cccc(N(c5ccc(-c6cccc(-c7ccc8ccccc8c7)c6)cc5)c5ccc(-c6cccc7c6ccc6ccccc67)cc5)c4)cccc32)cc1. The fourth-order valence-electron chi connectivity index (χ4n) is 10.5. The highest BCUT2D eigenvalue weighted by molar-refractivity contribution is 6.16. The van der Waals surface area contributed by atoms with E-state index in [1.807, 2.05) is 0 Å². The van der Waals surface area contributed by atoms with Gasteiger partial charge in [-0.25, -0.2) is 0 Å². The van der Waals surface area contributed by atoms with Crippen molar-refractivity contribution in [1.29, 1.82) is 0 Å². The Morgan fingerprint density at radius 2 is 0.809 bits per heavy atom. The molecule has 0 bridgehead atoms. The van der Waals surface area contributed by atoms with Crippen LogP contribution >= 0.6 is 0 Å². The van der Waals surface area contributed by atoms with Crippen LogP contribution in [0.1, 0.15) is 0 Å². The van der Waals surface area contributed by atoms with Gasteiger partial charge in [0.25, 0.3) is 0 Å². The molecule has 0 unspecified atom stereocenters. The number of hydrogen-bond acceptors (Lipinski definition) is 1. The number of fused-ring (bicyclic) bond motifs is 7. The quantitative estimate of drug-likeness (QED) is 0.138. The molecule has 0 saturated heterocycles. The van der Waals surface area contributed by atoms with Gasteiger partial charge in [0.15, 0.2) is 0 Å². The number of para-hydroxylation sites is 2. The van der Waals surface area contributed by atoms with Crippen LogP contribution in [-0.2, 0) is 0 Å². The first-order valence-corrected chi connectivity index (χ1v) is 23.4. The predicted octanol–water partition coefficient (Wildman–Crippen LogP) is 18.4. The number of aromatic nitrogens is 1. The first-order valence-electron chi connectivity index (χ1n) is 23.4. The lowest BCUT2D eigenvalue weighted by atomic mass is 9.94. The highest BCUT2D eigenvalue weighted by atomic mass is 15.1. The number of hydrogen-bond donors (Lipinski definition) is 0. The average molecular weight is 865 g/mol. The fourth-order valence-corrected chi connectivity index (χ4v) is 10.5. The third kappa shape index (κ3) is 6.82. The second-order valence-corrected chi connectivity index (χ2v) is 17.7. The Morgan fingerprint density at radius 3 is 1.63 bits per heavy atom. The number of anilines is 3. The molecule has 2 nitrogen and oxygen atoms in total. The van der Waals surface area contributed by atoms with Crippen molar-refractivity contribution in [2.24, 2.45) is 0 Å². The largest absolute Gasteiger partial charge is 0.310 e. The van der Waals surface area contributed by atoms with E-state index in [1.54, 1.807) is 0 Å². The zero-order chi connectivity index (χ0) is 45.0. The highest BCUT2D eigenvalue weighted by Crippen LogP contribution is 2.43. The number of rotatable bonds is 8. The van der Waals surface area contributed by atoms with Gasteiger partial charge in [0, 0.05) is 33.5 Å². The molecule has 68 heavy (non-hydrogen) atoms. The van der Waals surface area contributed by atoms with Gasteiger partial charge in [-0.3, -0.25) is 0 Å². The lowest BCUT2D eigenvalue weighted by Crippen LogP contribution is -2.10. The second-order valence-electron chi connectivity index (χ2n) is 17.7. The van der Waals surface area contributed by atoms with Crippen molar-refractivity contribution in [2.75, 3.05) is 4.90 Å². The van der Waals surface area contributed by atoms with Crippen LogP contribution in [0.3, 0.4) is 0 Å². The summed E-state index contributed by atoms with van der Waals surface area (Å²) in [5.41, 5.74) is 16.4. The van der Waals surface area contributed by atoms with Crippen LogP contribution in [0.5, 0.6) is 0 Å². The van der Waals surface area contributed by atoms with Gasteiger partial charge >= 0.3 is 0 Å². The molecule has 0 saturated carbocycles. The Bertz CT molecular complexity index is 4010. The minimum atomic E-state index is 1.08. The van der Waals surface area contributed by atoms with Gasteiger partial charge in [-0.15, -0.1) is 0 Å². The van der Waals surface area contributed by atoms with Gasteiger partial charge in [-0.2, -0.15) is 0 Å². The van der Waals surface area contributed by atoms with Crippen molar-refractivity contribution < 1.29 is 0 Å². The third-order valence-electron chi connectivity index (χ3n) is 13.8. The molecule has 0 spiro atoms. The van der Waals surface area contributed by atoms with Crippen LogP contribution < -0.4 is 4.90 Å². The Morgan fingerprint density at radius 1 is 0.250 bits per heavy atom. The van der Waals surface area contributed by atoms with E-state index in [-0.39, 0.29) is 0 Å². The molecule has 0 atom stereocenters. The van der Waals surface area contributed by atoms with Gasteiger partial charge in [-0.05, 0) is 150 Å². The summed E-state index contributed by atoms with van der Waals surface area (Å²) in [6.45, 7) is 0. The zero-order valence-electron chi connectivity index (χ0n) is 37.3. The smallest absolute Gasteiger partial charge is 0.0547 e. The second kappa shape index (κ2) is 16.5. The molecular weight excluding hydrogens is 821 g/mol. The van der Waals surface area contributed by atoms with Crippen molar-refractivity contribution in [3.8, 4) is 50.2 Å². The van der Waals surface area contributed by atoms with Crippen LogP contribution in [0.2, 0.25) is 0 Å². The van der Waals surface area contributed by atoms with Crippen LogP contribution in [0.25, 0.3) is 104 Å². The summed E-state index contributed by atoms with van der Waals surface area (Å²) in [6, 6.07) is 97.5. The molecule has 1 heterocycles. The fraction of sp³-hybridized carbons (Fsp3) is 0. The van der Waals surface area contributed by atoms with E-state index in [4.69, 9.17) is 0 Å². The normalized spacial score (nSPS) is 11.5. The topological polar surface area (TPSA) is 8.17 Å². The van der Waals surface area contributed by atoms with Crippen molar-refractivity contribution in [3.05, 3.63) is 267 Å². The molecule has 0 N–H and O–H groups in total. The molecule has 0 radical (unpaired) electrons. The number of benzene rings is 12. The third-order valence-corrected chi connectivity index (χ3v) is 13.8. The maximum atomic E-state index is 2.40. The van der Waals surface area contributed by atoms with Gasteiger partial charge < -0.3 is 9.47 Å². The molecule has 2 heteroatoms. The van der Waals surface area contributed by atoms with Crippen molar-refractivity contribution in [1.82, 2.24) is 4.57 Å². The van der Waals surface area contributed by atoms with E-state index in [0.717, 1.165) is 28.3 Å². The monoisotopic (exact) mass is 864 g/mol. The molecular formula is C66H44N2. The molecule has 13 rings (SSSR count). The summed E-state index contributed by atoms with van der Waals surface area (Å²) in [6.07, 6.45) is 0. The lowest BCUT2D eigenvalue weighted by molar-refractivity contribution is 1.18. The lowest BCUT2D eigenvalue weighted by Gasteiger charge is -2.26. The van der Waals surface area contributed by atoms with Gasteiger partial charge in [0.2, 0.25) is 0 Å². The summed E-state index contributed by atoms with van der Waals surface area (Å²) < 4.78 is 2.39. The Labute approximate surface area is 395 Å². The first-order chi connectivity index (χ1) is 33.7. The maximum absolute atomic E-state index is 2.40. The van der Waals surface area contributed by atoms with E-state index in [2.05, 4.69) is 276 Å². The molecule has 12 aromatic carbocycles. The minimum absolute atomic E-state index is 1.08. The standard InChI is InChI=1S/C66H44N2/c1-2-20-54(21-3-1)68-64-28-9-8-24-63(64)66-60(26-13-29-65(66)68)53-19-11-22-57(44-53)67(56-39-34-48(35-40-56)59-25-12-27-61-58-23-7-6-15-47(58)36-41-62(59)61)55-37-32-46(33-38-55)50-17-10-18-51(42-50)52-31-30-45-14-4-5-16-49(45)43-52/h1-44H. The van der Waals surface area contributed by atoms with Crippen LogP contribution in [-0.4, -0.2) is 4.57 Å². The van der Waals surface area contributed by atoms with Crippen molar-refractivity contribution >= 4 is 71.2 Å². The zero-order valence-corrected chi connectivity index (χ0v) is 37.3. The van der Waals surface area contributed by atoms with Crippen molar-refractivity contribution in [3.63, 3.8) is 0 Å². The molecule has 0 aliphatic carbocycles. The molecule has 0 aliphatic heterocycles. The van der Waals surface area contributed by atoms with Crippen molar-refractivity contribution in [2.45, 2.75) is 0 Å². The Balaban J connectivity index is 0.925. The average Bonchev–Trinajstić information content (AvgIpc) is 3.76. The highest BCUT2D eigenvalue weighted by Gasteiger charge is 2.19. The summed E-state index contributed by atoms with van der Waals surface area (Å²) in [5, 5.41) is 10.0.